The second-order valence-electron chi connectivity index (χ2n) is 11.9. The van der Waals surface area contributed by atoms with Gasteiger partial charge in [0.15, 0.2) is 23.6 Å². The van der Waals surface area contributed by atoms with Gasteiger partial charge in [0.05, 0.1) is 24.4 Å². The first kappa shape index (κ1) is 33.2. The molecule has 0 radical (unpaired) electrons. The fraction of sp³-hybridized carbons (Fsp3) is 0.303. The van der Waals surface area contributed by atoms with Gasteiger partial charge in [0.25, 0.3) is 11.8 Å². The summed E-state index contributed by atoms with van der Waals surface area (Å²) in [6.07, 6.45) is 7.59. The molecule has 7 rings (SSSR count). The number of nitrogens with two attached hydrogens (primary N) is 1. The van der Waals surface area contributed by atoms with Crippen LogP contribution >= 0.6 is 23.1 Å². The first-order chi connectivity index (χ1) is 24.2. The van der Waals surface area contributed by atoms with Crippen molar-refractivity contribution >= 4 is 69.0 Å². The van der Waals surface area contributed by atoms with Gasteiger partial charge in [0.1, 0.15) is 35.6 Å². The number of hydrogen-bond acceptors (Lipinski definition) is 12. The van der Waals surface area contributed by atoms with Gasteiger partial charge in [-0.1, -0.05) is 17.3 Å². The van der Waals surface area contributed by atoms with Crippen LogP contribution in [0.3, 0.4) is 0 Å². The molecule has 3 aromatic heterocycles. The third-order valence-electron chi connectivity index (χ3n) is 8.73. The molecule has 0 unspecified atom stereocenters. The number of halogens is 1. The number of carbonyl (C=O) groups excluding carboxylic acids is 3. The number of thiazole rings is 1. The lowest BCUT2D eigenvalue weighted by Gasteiger charge is -2.50. The number of carboxylic acids is 1. The number of pyridine rings is 1. The molecule has 0 spiro atoms. The Morgan fingerprint density at radius 2 is 2.08 bits per heavy atom. The molecule has 4 aromatic rings. The van der Waals surface area contributed by atoms with Crippen molar-refractivity contribution in [2.45, 2.75) is 37.3 Å². The third-order valence-corrected chi connectivity index (χ3v) is 10.7. The zero-order chi connectivity index (χ0) is 34.9. The van der Waals surface area contributed by atoms with Crippen LogP contribution in [-0.2, 0) is 32.3 Å². The Labute approximate surface area is 293 Å². The number of nitrogens with one attached hydrogen (secondary N) is 1. The number of benzene rings is 1. The SMILES string of the molecule is CO/N=C(\C(=O)N[C@@H]1C(=O)N2C(C(=O)[O-])=C(C[n+]3cccc4c3ccn4Cc3ccc(C=NN4CCCC4)cc3F)CS[C@H]12)c1csc(N)n1. The summed E-state index contributed by atoms with van der Waals surface area (Å²) in [6, 6.07) is 9.72. The number of carboxylic acid groups (broad SMARTS) is 1. The van der Waals surface area contributed by atoms with Gasteiger partial charge in [-0.3, -0.25) is 19.5 Å². The van der Waals surface area contributed by atoms with E-state index in [0.717, 1.165) is 53.2 Å². The van der Waals surface area contributed by atoms with Crippen molar-refractivity contribution in [1.82, 2.24) is 24.8 Å². The van der Waals surface area contributed by atoms with Crippen molar-refractivity contribution in [3.8, 4) is 0 Å². The molecule has 3 aliphatic heterocycles. The normalized spacial score (nSPS) is 19.3. The Hall–Kier alpha value is -5.29. The van der Waals surface area contributed by atoms with Crippen LogP contribution in [0.1, 0.15) is 29.7 Å². The zero-order valence-corrected chi connectivity index (χ0v) is 28.5. The monoisotopic (exact) mass is 717 g/mol. The van der Waals surface area contributed by atoms with Crippen LogP contribution in [0, 0.1) is 5.82 Å². The maximum absolute atomic E-state index is 15.2. The van der Waals surface area contributed by atoms with Crippen molar-refractivity contribution < 1.29 is 33.3 Å². The van der Waals surface area contributed by atoms with Crippen LogP contribution in [-0.4, -0.2) is 86.5 Å². The average molecular weight is 718 g/mol. The first-order valence-corrected chi connectivity index (χ1v) is 17.7. The zero-order valence-electron chi connectivity index (χ0n) is 26.8. The Morgan fingerprint density at radius 3 is 2.80 bits per heavy atom. The Balaban J connectivity index is 1.07. The number of carbonyl (C=O) groups is 3. The number of nitrogen functional groups attached to an aromatic ring is 1. The van der Waals surface area contributed by atoms with Gasteiger partial charge >= 0.3 is 0 Å². The molecule has 258 valence electrons. The Bertz CT molecular complexity index is 2090. The molecule has 2 fully saturated rings. The number of hydrazone groups is 1. The highest BCUT2D eigenvalue weighted by Gasteiger charge is 2.53. The molecular weight excluding hydrogens is 686 g/mol. The summed E-state index contributed by atoms with van der Waals surface area (Å²) in [6.45, 7) is 2.28. The molecule has 2 saturated heterocycles. The van der Waals surface area contributed by atoms with Gasteiger partial charge in [-0.15, -0.1) is 23.1 Å². The third kappa shape index (κ3) is 6.40. The van der Waals surface area contributed by atoms with Crippen LogP contribution in [0.4, 0.5) is 9.52 Å². The minimum atomic E-state index is -1.49. The van der Waals surface area contributed by atoms with E-state index in [1.165, 1.54) is 30.3 Å². The van der Waals surface area contributed by atoms with E-state index in [1.54, 1.807) is 12.3 Å². The van der Waals surface area contributed by atoms with Crippen LogP contribution in [0.5, 0.6) is 0 Å². The van der Waals surface area contributed by atoms with E-state index in [1.807, 2.05) is 50.8 Å². The minimum absolute atomic E-state index is 0.164. The van der Waals surface area contributed by atoms with Crippen LogP contribution in [0.2, 0.25) is 0 Å². The van der Waals surface area contributed by atoms with Gasteiger partial charge in [-0.05, 0) is 30.5 Å². The lowest BCUT2D eigenvalue weighted by molar-refractivity contribution is -0.663. The second kappa shape index (κ2) is 13.9. The molecule has 2 atom stereocenters. The topological polar surface area (TPSA) is 174 Å². The predicted molar refractivity (Wildman–Crippen MR) is 183 cm³/mol. The molecular formula is C33H32FN9O5S2. The van der Waals surface area contributed by atoms with Crippen molar-refractivity contribution in [3.05, 3.63) is 88.1 Å². The lowest BCUT2D eigenvalue weighted by Crippen LogP contribution is -2.71. The number of hydrogen-bond donors (Lipinski definition) is 2. The summed E-state index contributed by atoms with van der Waals surface area (Å²) < 4.78 is 19.0. The molecule has 17 heteroatoms. The van der Waals surface area contributed by atoms with E-state index < -0.39 is 29.2 Å². The summed E-state index contributed by atoms with van der Waals surface area (Å²) in [5.41, 5.74) is 8.80. The number of thioether (sulfide) groups is 1. The quantitative estimate of drug-likeness (QED) is 0.0995. The number of β-lactam (4-membered cyclic amide) rings is 1. The van der Waals surface area contributed by atoms with E-state index in [4.69, 9.17) is 10.6 Å². The van der Waals surface area contributed by atoms with Crippen molar-refractivity contribution in [2.75, 3.05) is 31.7 Å². The number of rotatable bonds is 11. The number of fused-ring (bicyclic) bond motifs is 2. The van der Waals surface area contributed by atoms with Gasteiger partial charge in [-0.2, -0.15) is 9.67 Å². The largest absolute Gasteiger partial charge is 0.543 e. The number of oxime groups is 1. The van der Waals surface area contributed by atoms with E-state index in [0.29, 0.717) is 16.7 Å². The minimum Gasteiger partial charge on any atom is -0.543 e. The fourth-order valence-corrected chi connectivity index (χ4v) is 8.20. The van der Waals surface area contributed by atoms with Crippen molar-refractivity contribution in [2.24, 2.45) is 10.3 Å². The fourth-order valence-electron chi connectivity index (χ4n) is 6.31. The van der Waals surface area contributed by atoms with E-state index in [2.05, 4.69) is 20.6 Å². The van der Waals surface area contributed by atoms with Gasteiger partial charge in [0.2, 0.25) is 5.52 Å². The lowest BCUT2D eigenvalue weighted by atomic mass is 10.0. The molecule has 50 heavy (non-hydrogen) atoms. The predicted octanol–water partition coefficient (Wildman–Crippen LogP) is 1.04. The second-order valence-corrected chi connectivity index (χ2v) is 13.9. The van der Waals surface area contributed by atoms with E-state index in [9.17, 15) is 19.5 Å². The summed E-state index contributed by atoms with van der Waals surface area (Å²) in [5, 5.41) is 26.4. The van der Waals surface area contributed by atoms with Crippen LogP contribution in [0.15, 0.2) is 75.7 Å². The molecule has 1 aromatic carbocycles. The number of nitrogens with zero attached hydrogens (tertiary/aromatic N) is 7. The number of amides is 2. The maximum Gasteiger partial charge on any atom is 0.276 e. The molecule has 3 aliphatic rings. The first-order valence-electron chi connectivity index (χ1n) is 15.8. The van der Waals surface area contributed by atoms with Crippen molar-refractivity contribution in [3.63, 3.8) is 0 Å². The molecule has 14 nitrogen and oxygen atoms in total. The Kier molecular flexibility index (Phi) is 9.24. The highest BCUT2D eigenvalue weighted by atomic mass is 32.2. The smallest absolute Gasteiger partial charge is 0.276 e. The summed E-state index contributed by atoms with van der Waals surface area (Å²) in [7, 11) is 1.27. The van der Waals surface area contributed by atoms with E-state index in [-0.39, 0.29) is 46.9 Å². The average Bonchev–Trinajstić information content (AvgIpc) is 3.88. The standard InChI is InChI=1S/C33H32FN9O5S2/c1-48-39-26(23-18-50-33(35)37-23)29(44)38-27-30(45)43-28(32(46)47)21(17-49-31(27)43)16-40-9-4-5-24-25(40)8-12-41(24)15-20-7-6-19(13-22(20)34)14-36-42-10-2-3-11-42/h4-9,12-14,18,27,31H,2-3,10-11,15-17H2,1H3,(H3-,35,37,38,44,46,47)/b36-14?,39-26-/t27-,31-/m1/s1. The highest BCUT2D eigenvalue weighted by molar-refractivity contribution is 8.00. The summed E-state index contributed by atoms with van der Waals surface area (Å²) >= 11 is 2.45. The molecule has 0 saturated carbocycles. The summed E-state index contributed by atoms with van der Waals surface area (Å²) in [5.74, 6) is -2.85. The van der Waals surface area contributed by atoms with Gasteiger partial charge in [0, 0.05) is 53.7 Å². The maximum atomic E-state index is 15.2. The number of aromatic nitrogens is 3. The van der Waals surface area contributed by atoms with Gasteiger partial charge in [-0.25, -0.2) is 9.37 Å². The van der Waals surface area contributed by atoms with Crippen LogP contribution in [0.25, 0.3) is 11.0 Å². The van der Waals surface area contributed by atoms with Crippen molar-refractivity contribution in [1.29, 1.82) is 0 Å². The number of aliphatic carboxylic acids is 1. The van der Waals surface area contributed by atoms with Crippen LogP contribution < -0.4 is 20.7 Å². The van der Waals surface area contributed by atoms with Gasteiger partial charge < -0.3 is 30.4 Å². The molecule has 0 aliphatic carbocycles. The Morgan fingerprint density at radius 1 is 1.26 bits per heavy atom. The highest BCUT2D eigenvalue weighted by Crippen LogP contribution is 2.40. The molecule has 0 bridgehead atoms. The van der Waals surface area contributed by atoms with E-state index >= 15 is 4.39 Å². The molecule has 3 N–H and O–H groups in total. The molecule has 2 amide bonds. The molecule has 6 heterocycles. The number of anilines is 1. The summed E-state index contributed by atoms with van der Waals surface area (Å²) in [4.78, 5) is 48.9.